The highest BCUT2D eigenvalue weighted by molar-refractivity contribution is 6.33. The van der Waals surface area contributed by atoms with Crippen LogP contribution in [0.3, 0.4) is 0 Å². The van der Waals surface area contributed by atoms with Gasteiger partial charge < -0.3 is 5.73 Å². The third kappa shape index (κ3) is 3.15. The molecule has 0 saturated heterocycles. The lowest BCUT2D eigenvalue weighted by atomic mass is 9.85. The molecule has 1 aromatic carbocycles. The van der Waals surface area contributed by atoms with Crippen molar-refractivity contribution in [1.29, 1.82) is 0 Å². The van der Waals surface area contributed by atoms with Crippen molar-refractivity contribution < 1.29 is 0 Å². The highest BCUT2D eigenvalue weighted by Gasteiger charge is 2.40. The van der Waals surface area contributed by atoms with Gasteiger partial charge in [-0.3, -0.25) is 0 Å². The van der Waals surface area contributed by atoms with Gasteiger partial charge in [-0.05, 0) is 54.9 Å². The van der Waals surface area contributed by atoms with E-state index < -0.39 is 0 Å². The quantitative estimate of drug-likeness (QED) is 0.846. The molecule has 94 valence electrons. The zero-order chi connectivity index (χ0) is 12.7. The van der Waals surface area contributed by atoms with Crippen LogP contribution in [0, 0.1) is 5.41 Å². The SMILES string of the molecule is CC1(C)CCC(N)(Cc2cc(Cl)ccc2Cl)C1. The topological polar surface area (TPSA) is 26.0 Å². The predicted molar refractivity (Wildman–Crippen MR) is 74.7 cm³/mol. The van der Waals surface area contributed by atoms with Crippen LogP contribution in [-0.2, 0) is 6.42 Å². The zero-order valence-electron chi connectivity index (χ0n) is 10.4. The summed E-state index contributed by atoms with van der Waals surface area (Å²) in [6, 6.07) is 5.60. The summed E-state index contributed by atoms with van der Waals surface area (Å²) in [5.41, 5.74) is 7.77. The van der Waals surface area contributed by atoms with Crippen molar-refractivity contribution >= 4 is 23.2 Å². The van der Waals surface area contributed by atoms with Gasteiger partial charge in [0.05, 0.1) is 0 Å². The van der Waals surface area contributed by atoms with E-state index in [1.54, 1.807) is 0 Å². The van der Waals surface area contributed by atoms with Gasteiger partial charge in [0, 0.05) is 15.6 Å². The summed E-state index contributed by atoms with van der Waals surface area (Å²) < 4.78 is 0. The summed E-state index contributed by atoms with van der Waals surface area (Å²) in [4.78, 5) is 0. The first-order valence-corrected chi connectivity index (χ1v) is 6.78. The predicted octanol–water partition coefficient (Wildman–Crippen LogP) is 4.44. The molecule has 1 aliphatic carbocycles. The number of nitrogens with two attached hydrogens (primary N) is 1. The highest BCUT2D eigenvalue weighted by Crippen LogP contribution is 2.44. The van der Waals surface area contributed by atoms with Gasteiger partial charge in [0.15, 0.2) is 0 Å². The minimum atomic E-state index is -0.127. The van der Waals surface area contributed by atoms with Crippen LogP contribution in [0.15, 0.2) is 18.2 Å². The minimum absolute atomic E-state index is 0.127. The fourth-order valence-electron chi connectivity index (χ4n) is 2.93. The summed E-state index contributed by atoms with van der Waals surface area (Å²) in [5, 5.41) is 1.49. The van der Waals surface area contributed by atoms with E-state index in [4.69, 9.17) is 28.9 Å². The van der Waals surface area contributed by atoms with Crippen molar-refractivity contribution in [3.63, 3.8) is 0 Å². The van der Waals surface area contributed by atoms with Crippen molar-refractivity contribution in [2.75, 3.05) is 0 Å². The maximum atomic E-state index is 6.48. The number of hydrogen-bond acceptors (Lipinski definition) is 1. The first kappa shape index (κ1) is 13.2. The van der Waals surface area contributed by atoms with Gasteiger partial charge in [-0.1, -0.05) is 37.0 Å². The fourth-order valence-corrected chi connectivity index (χ4v) is 3.31. The highest BCUT2D eigenvalue weighted by atomic mass is 35.5. The van der Waals surface area contributed by atoms with Crippen LogP contribution < -0.4 is 5.73 Å². The van der Waals surface area contributed by atoms with Gasteiger partial charge in [-0.25, -0.2) is 0 Å². The van der Waals surface area contributed by atoms with Crippen molar-refractivity contribution in [3.05, 3.63) is 33.8 Å². The van der Waals surface area contributed by atoms with Crippen LogP contribution in [0.2, 0.25) is 10.0 Å². The zero-order valence-corrected chi connectivity index (χ0v) is 11.9. The minimum Gasteiger partial charge on any atom is -0.325 e. The van der Waals surface area contributed by atoms with E-state index in [1.807, 2.05) is 18.2 Å². The van der Waals surface area contributed by atoms with Gasteiger partial charge in [-0.15, -0.1) is 0 Å². The van der Waals surface area contributed by atoms with Crippen LogP contribution in [0.4, 0.5) is 0 Å². The average molecular weight is 272 g/mol. The van der Waals surface area contributed by atoms with E-state index in [0.717, 1.165) is 34.9 Å². The lowest BCUT2D eigenvalue weighted by molar-refractivity contribution is 0.334. The molecule has 0 aliphatic heterocycles. The second-order valence-electron chi connectivity index (χ2n) is 6.12. The molecule has 1 fully saturated rings. The molecule has 1 nitrogen and oxygen atoms in total. The second kappa shape index (κ2) is 4.46. The van der Waals surface area contributed by atoms with E-state index in [0.29, 0.717) is 5.41 Å². The molecule has 0 amide bonds. The Morgan fingerprint density at radius 1 is 1.24 bits per heavy atom. The Hall–Kier alpha value is -0.240. The Bertz CT molecular complexity index is 428. The van der Waals surface area contributed by atoms with Crippen LogP contribution >= 0.6 is 23.2 Å². The fraction of sp³-hybridized carbons (Fsp3) is 0.571. The third-order valence-corrected chi connectivity index (χ3v) is 4.28. The van der Waals surface area contributed by atoms with E-state index >= 15 is 0 Å². The lowest BCUT2D eigenvalue weighted by Gasteiger charge is -2.27. The Morgan fingerprint density at radius 2 is 1.94 bits per heavy atom. The molecule has 0 spiro atoms. The molecule has 1 unspecified atom stereocenters. The van der Waals surface area contributed by atoms with Gasteiger partial charge in [0.1, 0.15) is 0 Å². The normalized spacial score (nSPS) is 27.4. The van der Waals surface area contributed by atoms with E-state index in [-0.39, 0.29) is 5.54 Å². The molecule has 0 heterocycles. The molecule has 2 rings (SSSR count). The standard InChI is InChI=1S/C14H19Cl2N/c1-13(2)5-6-14(17,9-13)8-10-7-11(15)3-4-12(10)16/h3-4,7H,5-6,8-9,17H2,1-2H3. The van der Waals surface area contributed by atoms with Crippen LogP contribution in [0.1, 0.15) is 38.7 Å². The summed E-state index contributed by atoms with van der Waals surface area (Å²) in [7, 11) is 0. The lowest BCUT2D eigenvalue weighted by Crippen LogP contribution is -2.40. The number of halogens is 2. The molecule has 0 bridgehead atoms. The van der Waals surface area contributed by atoms with Crippen LogP contribution in [0.5, 0.6) is 0 Å². The first-order chi connectivity index (χ1) is 7.80. The summed E-state index contributed by atoms with van der Waals surface area (Å²) in [5.74, 6) is 0. The van der Waals surface area contributed by atoms with E-state index in [1.165, 1.54) is 6.42 Å². The Labute approximate surface area is 113 Å². The number of hydrogen-bond donors (Lipinski definition) is 1. The molecule has 0 radical (unpaired) electrons. The van der Waals surface area contributed by atoms with Crippen molar-refractivity contribution in [3.8, 4) is 0 Å². The Balaban J connectivity index is 2.18. The maximum Gasteiger partial charge on any atom is 0.0439 e. The van der Waals surface area contributed by atoms with Gasteiger partial charge in [0.25, 0.3) is 0 Å². The molecular formula is C14H19Cl2N. The molecule has 0 aromatic heterocycles. The summed E-state index contributed by atoms with van der Waals surface area (Å²) in [6.07, 6.45) is 4.10. The van der Waals surface area contributed by atoms with Crippen molar-refractivity contribution in [2.24, 2.45) is 11.1 Å². The third-order valence-electron chi connectivity index (χ3n) is 3.68. The number of rotatable bonds is 2. The maximum absolute atomic E-state index is 6.48. The molecule has 17 heavy (non-hydrogen) atoms. The van der Waals surface area contributed by atoms with Gasteiger partial charge in [-0.2, -0.15) is 0 Å². The number of benzene rings is 1. The molecule has 2 N–H and O–H groups in total. The van der Waals surface area contributed by atoms with Gasteiger partial charge in [0.2, 0.25) is 0 Å². The summed E-state index contributed by atoms with van der Waals surface area (Å²) in [6.45, 7) is 4.56. The van der Waals surface area contributed by atoms with E-state index in [2.05, 4.69) is 13.8 Å². The van der Waals surface area contributed by atoms with Crippen molar-refractivity contribution in [1.82, 2.24) is 0 Å². The Kier molecular flexibility index (Phi) is 3.46. The monoisotopic (exact) mass is 271 g/mol. The summed E-state index contributed by atoms with van der Waals surface area (Å²) >= 11 is 12.2. The molecular weight excluding hydrogens is 253 g/mol. The van der Waals surface area contributed by atoms with E-state index in [9.17, 15) is 0 Å². The smallest absolute Gasteiger partial charge is 0.0439 e. The largest absolute Gasteiger partial charge is 0.325 e. The van der Waals surface area contributed by atoms with Gasteiger partial charge >= 0.3 is 0 Å². The Morgan fingerprint density at radius 3 is 2.53 bits per heavy atom. The van der Waals surface area contributed by atoms with Crippen LogP contribution in [-0.4, -0.2) is 5.54 Å². The molecule has 1 saturated carbocycles. The second-order valence-corrected chi connectivity index (χ2v) is 6.96. The molecule has 1 aliphatic rings. The van der Waals surface area contributed by atoms with Crippen molar-refractivity contribution in [2.45, 2.75) is 45.1 Å². The average Bonchev–Trinajstić information content (AvgIpc) is 2.47. The first-order valence-electron chi connectivity index (χ1n) is 6.03. The molecule has 1 atom stereocenters. The molecule has 3 heteroatoms. The molecule has 1 aromatic rings. The van der Waals surface area contributed by atoms with Crippen LogP contribution in [0.25, 0.3) is 0 Å².